The second-order valence-electron chi connectivity index (χ2n) is 5.19. The van der Waals surface area contributed by atoms with E-state index < -0.39 is 0 Å². The number of aromatic nitrogens is 2. The molecule has 2 rings (SSSR count). The Morgan fingerprint density at radius 3 is 2.96 bits per heavy atom. The van der Waals surface area contributed by atoms with Crippen molar-refractivity contribution >= 4 is 5.96 Å². The molecule has 0 saturated carbocycles. The van der Waals surface area contributed by atoms with Crippen LogP contribution in [0.5, 0.6) is 0 Å². The number of nitrogens with zero attached hydrogens (tertiary/aromatic N) is 3. The van der Waals surface area contributed by atoms with Gasteiger partial charge in [-0.25, -0.2) is 4.39 Å². The molecule has 0 aliphatic carbocycles. The maximum atomic E-state index is 13.1. The Hall–Kier alpha value is -2.37. The van der Waals surface area contributed by atoms with E-state index in [1.165, 1.54) is 6.07 Å². The van der Waals surface area contributed by atoms with Crippen LogP contribution in [0, 0.1) is 5.82 Å². The van der Waals surface area contributed by atoms with Gasteiger partial charge in [-0.15, -0.1) is 0 Å². The van der Waals surface area contributed by atoms with Crippen molar-refractivity contribution in [1.82, 2.24) is 20.4 Å². The molecule has 23 heavy (non-hydrogen) atoms. The quantitative estimate of drug-likeness (QED) is 0.446. The Labute approximate surface area is 136 Å². The third-order valence-electron chi connectivity index (χ3n) is 3.31. The molecular weight excluding hydrogens is 293 g/mol. The van der Waals surface area contributed by atoms with E-state index >= 15 is 0 Å². The Morgan fingerprint density at radius 2 is 2.22 bits per heavy atom. The Kier molecular flexibility index (Phi) is 7.10. The van der Waals surface area contributed by atoms with Gasteiger partial charge >= 0.3 is 0 Å². The minimum Gasteiger partial charge on any atom is -0.357 e. The lowest BCUT2D eigenvalue weighted by molar-refractivity contribution is 0.584. The van der Waals surface area contributed by atoms with Crippen LogP contribution in [0.15, 0.2) is 47.7 Å². The van der Waals surface area contributed by atoms with Gasteiger partial charge in [0.15, 0.2) is 5.96 Å². The van der Waals surface area contributed by atoms with Crippen molar-refractivity contribution in [3.05, 3.63) is 54.1 Å². The summed E-state index contributed by atoms with van der Waals surface area (Å²) in [7, 11) is 0. The zero-order valence-corrected chi connectivity index (χ0v) is 13.5. The van der Waals surface area contributed by atoms with E-state index in [2.05, 4.69) is 20.7 Å². The van der Waals surface area contributed by atoms with E-state index in [0.29, 0.717) is 6.54 Å². The molecular formula is C17H24FN5. The van der Waals surface area contributed by atoms with Crippen LogP contribution >= 0.6 is 0 Å². The normalized spacial score (nSPS) is 11.5. The molecule has 1 aromatic heterocycles. The van der Waals surface area contributed by atoms with Gasteiger partial charge in [-0.1, -0.05) is 12.1 Å². The highest BCUT2D eigenvalue weighted by Crippen LogP contribution is 2.03. The van der Waals surface area contributed by atoms with Gasteiger partial charge < -0.3 is 10.6 Å². The van der Waals surface area contributed by atoms with Crippen molar-refractivity contribution in [3.8, 4) is 0 Å². The van der Waals surface area contributed by atoms with Crippen LogP contribution < -0.4 is 10.6 Å². The van der Waals surface area contributed by atoms with E-state index in [0.717, 1.165) is 44.0 Å². The van der Waals surface area contributed by atoms with Crippen LogP contribution in [-0.2, 0) is 13.0 Å². The minimum absolute atomic E-state index is 0.193. The topological polar surface area (TPSA) is 54.2 Å². The van der Waals surface area contributed by atoms with Gasteiger partial charge in [0.1, 0.15) is 5.82 Å². The Bertz CT molecular complexity index is 595. The third kappa shape index (κ3) is 6.50. The largest absolute Gasteiger partial charge is 0.357 e. The molecule has 2 N–H and O–H groups in total. The zero-order valence-electron chi connectivity index (χ0n) is 13.5. The Morgan fingerprint density at radius 1 is 1.30 bits per heavy atom. The molecule has 0 aliphatic heterocycles. The number of guanidine groups is 1. The predicted molar refractivity (Wildman–Crippen MR) is 90.9 cm³/mol. The van der Waals surface area contributed by atoms with Crippen LogP contribution in [0.25, 0.3) is 0 Å². The van der Waals surface area contributed by atoms with Gasteiger partial charge in [0, 0.05) is 38.6 Å². The van der Waals surface area contributed by atoms with Gasteiger partial charge in [-0.2, -0.15) is 5.10 Å². The molecule has 2 aromatic rings. The number of benzene rings is 1. The van der Waals surface area contributed by atoms with Gasteiger partial charge in [-0.3, -0.25) is 9.67 Å². The molecule has 0 bridgehead atoms. The van der Waals surface area contributed by atoms with Gasteiger partial charge in [-0.05, 0) is 43.5 Å². The summed E-state index contributed by atoms with van der Waals surface area (Å²) >= 11 is 0. The lowest BCUT2D eigenvalue weighted by Crippen LogP contribution is -2.38. The summed E-state index contributed by atoms with van der Waals surface area (Å²) in [5.41, 5.74) is 0.979. The summed E-state index contributed by atoms with van der Waals surface area (Å²) in [5, 5.41) is 10.7. The maximum absolute atomic E-state index is 13.1. The van der Waals surface area contributed by atoms with Crippen molar-refractivity contribution in [3.63, 3.8) is 0 Å². The van der Waals surface area contributed by atoms with Crippen LogP contribution in [-0.4, -0.2) is 35.4 Å². The number of nitrogens with one attached hydrogen (secondary N) is 2. The fraction of sp³-hybridized carbons (Fsp3) is 0.412. The standard InChI is InChI=1S/C17H24FN5/c1-2-19-17(20-9-4-12-23-13-5-10-22-23)21-11-8-15-6-3-7-16(18)14-15/h3,5-7,10,13-14H,2,4,8-9,11-12H2,1H3,(H2,19,20,21). The summed E-state index contributed by atoms with van der Waals surface area (Å²) in [4.78, 5) is 4.54. The summed E-state index contributed by atoms with van der Waals surface area (Å²) in [6.07, 6.45) is 5.42. The van der Waals surface area contributed by atoms with Crippen molar-refractivity contribution in [1.29, 1.82) is 0 Å². The zero-order chi connectivity index (χ0) is 16.3. The lowest BCUT2D eigenvalue weighted by Gasteiger charge is -2.11. The molecule has 124 valence electrons. The first-order valence-corrected chi connectivity index (χ1v) is 8.02. The first kappa shape index (κ1) is 17.0. The molecule has 0 amide bonds. The molecule has 0 radical (unpaired) electrons. The van der Waals surface area contributed by atoms with Crippen molar-refractivity contribution in [2.24, 2.45) is 4.99 Å². The number of rotatable bonds is 8. The third-order valence-corrected chi connectivity index (χ3v) is 3.31. The van der Waals surface area contributed by atoms with Crippen LogP contribution in [0.4, 0.5) is 4.39 Å². The first-order valence-electron chi connectivity index (χ1n) is 8.02. The number of aryl methyl sites for hydroxylation is 1. The van der Waals surface area contributed by atoms with Crippen molar-refractivity contribution < 1.29 is 4.39 Å². The van der Waals surface area contributed by atoms with E-state index in [9.17, 15) is 4.39 Å². The monoisotopic (exact) mass is 317 g/mol. The SMILES string of the molecule is CCNC(=NCCCn1cccn1)NCCc1cccc(F)c1. The first-order chi connectivity index (χ1) is 11.3. The maximum Gasteiger partial charge on any atom is 0.191 e. The predicted octanol–water partition coefficient (Wildman–Crippen LogP) is 2.21. The van der Waals surface area contributed by atoms with Crippen molar-refractivity contribution in [2.75, 3.05) is 19.6 Å². The highest BCUT2D eigenvalue weighted by molar-refractivity contribution is 5.79. The molecule has 0 spiro atoms. The molecule has 0 aliphatic rings. The molecule has 1 heterocycles. The minimum atomic E-state index is -0.193. The average Bonchev–Trinajstić information content (AvgIpc) is 3.05. The molecule has 5 nitrogen and oxygen atoms in total. The highest BCUT2D eigenvalue weighted by atomic mass is 19.1. The average molecular weight is 317 g/mol. The summed E-state index contributed by atoms with van der Waals surface area (Å²) < 4.78 is 15.0. The number of halogens is 1. The molecule has 0 saturated heterocycles. The molecule has 0 atom stereocenters. The fourth-order valence-electron chi connectivity index (χ4n) is 2.22. The van der Waals surface area contributed by atoms with E-state index in [4.69, 9.17) is 0 Å². The van der Waals surface area contributed by atoms with Crippen LogP contribution in [0.1, 0.15) is 18.9 Å². The van der Waals surface area contributed by atoms with E-state index in [1.807, 2.05) is 29.9 Å². The van der Waals surface area contributed by atoms with E-state index in [1.54, 1.807) is 18.3 Å². The molecule has 6 heteroatoms. The van der Waals surface area contributed by atoms with Crippen molar-refractivity contribution in [2.45, 2.75) is 26.3 Å². The van der Waals surface area contributed by atoms with Gasteiger partial charge in [0.2, 0.25) is 0 Å². The summed E-state index contributed by atoms with van der Waals surface area (Å²) in [5.74, 6) is 0.603. The van der Waals surface area contributed by atoms with Crippen LogP contribution in [0.3, 0.4) is 0 Å². The number of aliphatic imine (C=N–C) groups is 1. The highest BCUT2D eigenvalue weighted by Gasteiger charge is 1.99. The van der Waals surface area contributed by atoms with Gasteiger partial charge in [0.25, 0.3) is 0 Å². The fourth-order valence-corrected chi connectivity index (χ4v) is 2.22. The second-order valence-corrected chi connectivity index (χ2v) is 5.19. The Balaban J connectivity index is 1.72. The summed E-state index contributed by atoms with van der Waals surface area (Å²) in [6.45, 7) is 5.15. The lowest BCUT2D eigenvalue weighted by atomic mass is 10.1. The molecule has 1 aromatic carbocycles. The molecule has 0 unspecified atom stereocenters. The second kappa shape index (κ2) is 9.61. The smallest absolute Gasteiger partial charge is 0.191 e. The van der Waals surface area contributed by atoms with Gasteiger partial charge in [0.05, 0.1) is 0 Å². The number of hydrogen-bond donors (Lipinski definition) is 2. The molecule has 0 fully saturated rings. The van der Waals surface area contributed by atoms with Crippen LogP contribution in [0.2, 0.25) is 0 Å². The number of hydrogen-bond acceptors (Lipinski definition) is 2. The summed E-state index contributed by atoms with van der Waals surface area (Å²) in [6, 6.07) is 8.61. The van der Waals surface area contributed by atoms with E-state index in [-0.39, 0.29) is 5.82 Å².